The van der Waals surface area contributed by atoms with Gasteiger partial charge in [-0.05, 0) is 42.0 Å². The van der Waals surface area contributed by atoms with Gasteiger partial charge in [0, 0.05) is 17.4 Å². The van der Waals surface area contributed by atoms with Crippen molar-refractivity contribution in [3.8, 4) is 0 Å². The van der Waals surface area contributed by atoms with Crippen molar-refractivity contribution in [1.82, 2.24) is 19.2 Å². The van der Waals surface area contributed by atoms with Crippen molar-refractivity contribution in [3.05, 3.63) is 56.4 Å². The standard InChI is InChI=1S/C19H16ClFN4O2S2/c20-14-8-12(21)4-3-11(14)10-29-19-23-22-18-24(9-13-2-1-6-27-13)17(26)16-15(25(18)19)5-7-28-16/h3-5,7-8,13H,1-2,6,9-10H2. The molecule has 6 nitrogen and oxygen atoms in total. The minimum atomic E-state index is -0.366. The molecule has 1 unspecified atom stereocenters. The SMILES string of the molecule is O=c1c2sccc2n2c(SCc3ccc(F)cc3Cl)nnc2n1CC1CCCO1. The summed E-state index contributed by atoms with van der Waals surface area (Å²) in [6.45, 7) is 1.19. The van der Waals surface area contributed by atoms with Crippen LogP contribution in [0.15, 0.2) is 39.6 Å². The Labute approximate surface area is 178 Å². The molecule has 4 aromatic rings. The Morgan fingerprint density at radius 2 is 2.24 bits per heavy atom. The number of hydrogen-bond acceptors (Lipinski definition) is 6. The second kappa shape index (κ2) is 7.71. The molecular formula is C19H16ClFN4O2S2. The van der Waals surface area contributed by atoms with E-state index >= 15 is 0 Å². The lowest BCUT2D eigenvalue weighted by Gasteiger charge is -2.13. The number of fused-ring (bicyclic) bond motifs is 3. The second-order valence-electron chi connectivity index (χ2n) is 6.83. The fourth-order valence-electron chi connectivity index (χ4n) is 3.53. The molecule has 0 aliphatic carbocycles. The first-order valence-corrected chi connectivity index (χ1v) is 11.4. The molecule has 29 heavy (non-hydrogen) atoms. The topological polar surface area (TPSA) is 61.4 Å². The number of thioether (sulfide) groups is 1. The molecule has 150 valence electrons. The number of halogens is 2. The van der Waals surface area contributed by atoms with E-state index < -0.39 is 0 Å². The number of benzene rings is 1. The van der Waals surface area contributed by atoms with Crippen molar-refractivity contribution in [1.29, 1.82) is 0 Å². The minimum absolute atomic E-state index is 0.0136. The smallest absolute Gasteiger partial charge is 0.272 e. The van der Waals surface area contributed by atoms with Crippen molar-refractivity contribution in [2.45, 2.75) is 36.4 Å². The maximum atomic E-state index is 13.3. The zero-order valence-corrected chi connectivity index (χ0v) is 17.6. The van der Waals surface area contributed by atoms with E-state index in [1.165, 1.54) is 35.2 Å². The van der Waals surface area contributed by atoms with Gasteiger partial charge in [0.1, 0.15) is 10.5 Å². The third-order valence-corrected chi connectivity index (χ3v) is 7.19. The minimum Gasteiger partial charge on any atom is -0.376 e. The van der Waals surface area contributed by atoms with Gasteiger partial charge in [-0.25, -0.2) is 4.39 Å². The summed E-state index contributed by atoms with van der Waals surface area (Å²) in [5.74, 6) is 0.648. The molecule has 0 spiro atoms. The Morgan fingerprint density at radius 3 is 3.03 bits per heavy atom. The van der Waals surface area contributed by atoms with Gasteiger partial charge in [-0.3, -0.25) is 13.8 Å². The molecule has 10 heteroatoms. The van der Waals surface area contributed by atoms with E-state index in [-0.39, 0.29) is 17.5 Å². The van der Waals surface area contributed by atoms with E-state index in [9.17, 15) is 9.18 Å². The average molecular weight is 451 g/mol. The molecule has 0 N–H and O–H groups in total. The molecule has 1 atom stereocenters. The van der Waals surface area contributed by atoms with Gasteiger partial charge in [-0.2, -0.15) is 0 Å². The molecule has 1 fully saturated rings. The predicted octanol–water partition coefficient (Wildman–Crippen LogP) is 4.37. The van der Waals surface area contributed by atoms with Crippen LogP contribution in [0.5, 0.6) is 0 Å². The lowest BCUT2D eigenvalue weighted by Crippen LogP contribution is -2.28. The number of nitrogens with zero attached hydrogens (tertiary/aromatic N) is 4. The van der Waals surface area contributed by atoms with E-state index in [0.717, 1.165) is 30.5 Å². The van der Waals surface area contributed by atoms with Gasteiger partial charge in [0.25, 0.3) is 5.56 Å². The van der Waals surface area contributed by atoms with Crippen LogP contribution in [-0.2, 0) is 17.0 Å². The lowest BCUT2D eigenvalue weighted by atomic mass is 10.2. The van der Waals surface area contributed by atoms with Crippen molar-refractivity contribution >= 4 is 50.7 Å². The van der Waals surface area contributed by atoms with Crippen molar-refractivity contribution in [3.63, 3.8) is 0 Å². The van der Waals surface area contributed by atoms with Gasteiger partial charge in [0.15, 0.2) is 5.16 Å². The van der Waals surface area contributed by atoms with Crippen LogP contribution in [0.4, 0.5) is 4.39 Å². The highest BCUT2D eigenvalue weighted by molar-refractivity contribution is 7.98. The first kappa shape index (κ1) is 19.0. The zero-order valence-electron chi connectivity index (χ0n) is 15.2. The highest BCUT2D eigenvalue weighted by Gasteiger charge is 2.22. The van der Waals surface area contributed by atoms with Crippen LogP contribution in [0, 0.1) is 5.82 Å². The fraction of sp³-hybridized carbons (Fsp3) is 0.316. The van der Waals surface area contributed by atoms with Gasteiger partial charge >= 0.3 is 0 Å². The maximum absolute atomic E-state index is 13.3. The largest absolute Gasteiger partial charge is 0.376 e. The summed E-state index contributed by atoms with van der Waals surface area (Å²) in [6.07, 6.45) is 1.95. The molecule has 1 aliphatic rings. The average Bonchev–Trinajstić information content (AvgIpc) is 3.44. The van der Waals surface area contributed by atoms with E-state index in [1.807, 2.05) is 15.8 Å². The number of aromatic nitrogens is 4. The van der Waals surface area contributed by atoms with Crippen LogP contribution in [0.2, 0.25) is 5.02 Å². The van der Waals surface area contributed by atoms with E-state index in [4.69, 9.17) is 16.3 Å². The molecule has 1 saturated heterocycles. The van der Waals surface area contributed by atoms with E-state index in [0.29, 0.717) is 33.0 Å². The van der Waals surface area contributed by atoms with Crippen LogP contribution in [0.3, 0.4) is 0 Å². The van der Waals surface area contributed by atoms with Crippen LogP contribution in [-0.4, -0.2) is 31.9 Å². The number of rotatable bonds is 5. The third kappa shape index (κ3) is 3.46. The normalized spacial score (nSPS) is 17.0. The predicted molar refractivity (Wildman–Crippen MR) is 113 cm³/mol. The summed E-state index contributed by atoms with van der Waals surface area (Å²) in [6, 6.07) is 6.26. The molecule has 0 saturated carbocycles. The van der Waals surface area contributed by atoms with Crippen LogP contribution >= 0.6 is 34.7 Å². The van der Waals surface area contributed by atoms with Gasteiger partial charge in [-0.15, -0.1) is 21.5 Å². The number of ether oxygens (including phenoxy) is 1. The summed E-state index contributed by atoms with van der Waals surface area (Å²) >= 11 is 9.01. The Morgan fingerprint density at radius 1 is 1.34 bits per heavy atom. The summed E-state index contributed by atoms with van der Waals surface area (Å²) < 4.78 is 23.3. The Hall–Kier alpha value is -1.94. The van der Waals surface area contributed by atoms with E-state index in [2.05, 4.69) is 10.2 Å². The monoisotopic (exact) mass is 450 g/mol. The molecule has 0 amide bonds. The number of thiophene rings is 1. The van der Waals surface area contributed by atoms with Gasteiger partial charge in [0.05, 0.1) is 18.2 Å². The molecule has 3 aromatic heterocycles. The quantitative estimate of drug-likeness (QED) is 0.422. The summed E-state index contributed by atoms with van der Waals surface area (Å²) in [5, 5.41) is 11.6. The molecule has 1 aromatic carbocycles. The summed E-state index contributed by atoms with van der Waals surface area (Å²) in [4.78, 5) is 13.0. The first-order chi connectivity index (χ1) is 14.1. The number of hydrogen-bond donors (Lipinski definition) is 0. The van der Waals surface area contributed by atoms with E-state index in [1.54, 1.807) is 10.6 Å². The summed E-state index contributed by atoms with van der Waals surface area (Å²) in [5.41, 5.74) is 1.53. The lowest BCUT2D eigenvalue weighted by molar-refractivity contribution is 0.0969. The molecule has 5 rings (SSSR count). The van der Waals surface area contributed by atoms with Crippen molar-refractivity contribution < 1.29 is 9.13 Å². The third-order valence-electron chi connectivity index (χ3n) is 4.96. The highest BCUT2D eigenvalue weighted by Crippen LogP contribution is 2.29. The maximum Gasteiger partial charge on any atom is 0.272 e. The Bertz CT molecular complexity index is 1260. The van der Waals surface area contributed by atoms with Crippen molar-refractivity contribution in [2.75, 3.05) is 6.61 Å². The second-order valence-corrected chi connectivity index (χ2v) is 9.09. The van der Waals surface area contributed by atoms with Crippen LogP contribution < -0.4 is 5.56 Å². The molecular weight excluding hydrogens is 435 g/mol. The highest BCUT2D eigenvalue weighted by atomic mass is 35.5. The van der Waals surface area contributed by atoms with Gasteiger partial charge in [0.2, 0.25) is 5.78 Å². The zero-order chi connectivity index (χ0) is 20.0. The fourth-order valence-corrected chi connectivity index (χ4v) is 5.61. The van der Waals surface area contributed by atoms with Crippen LogP contribution in [0.25, 0.3) is 16.0 Å². The molecule has 0 radical (unpaired) electrons. The molecule has 0 bridgehead atoms. The van der Waals surface area contributed by atoms with Gasteiger partial charge < -0.3 is 4.74 Å². The Balaban J connectivity index is 1.56. The molecule has 4 heterocycles. The van der Waals surface area contributed by atoms with Crippen molar-refractivity contribution in [2.24, 2.45) is 0 Å². The van der Waals surface area contributed by atoms with Gasteiger partial charge in [-0.1, -0.05) is 29.4 Å². The Kier molecular flexibility index (Phi) is 5.07. The van der Waals surface area contributed by atoms with Crippen LogP contribution in [0.1, 0.15) is 18.4 Å². The molecule has 1 aliphatic heterocycles. The first-order valence-electron chi connectivity index (χ1n) is 9.15. The summed E-state index contributed by atoms with van der Waals surface area (Å²) in [7, 11) is 0.